The first-order valence-electron chi connectivity index (χ1n) is 9.15. The number of nitrogens with one attached hydrogen (secondary N) is 1. The van der Waals surface area contributed by atoms with Crippen molar-refractivity contribution in [2.75, 3.05) is 24.7 Å². The third-order valence-corrected chi connectivity index (χ3v) is 5.75. The van der Waals surface area contributed by atoms with Gasteiger partial charge in [0.2, 0.25) is 11.8 Å². The van der Waals surface area contributed by atoms with Gasteiger partial charge in [-0.05, 0) is 53.9 Å². The molecule has 3 rings (SSSR count). The first-order chi connectivity index (χ1) is 13.4. The molecular weight excluding hydrogens is 368 g/mol. The van der Waals surface area contributed by atoms with Crippen LogP contribution in [-0.2, 0) is 9.59 Å². The summed E-state index contributed by atoms with van der Waals surface area (Å²) in [5.74, 6) is 0.0283. The SMILES string of the molecule is Cc1cccc(NC(=O)CN(C)C(=O)CSc2ccc3ccccc3c2)c1C. The average molecular weight is 393 g/mol. The van der Waals surface area contributed by atoms with Crippen LogP contribution in [0.25, 0.3) is 10.8 Å². The highest BCUT2D eigenvalue weighted by molar-refractivity contribution is 8.00. The predicted molar refractivity (Wildman–Crippen MR) is 117 cm³/mol. The lowest BCUT2D eigenvalue weighted by Crippen LogP contribution is -2.36. The second kappa shape index (κ2) is 8.93. The van der Waals surface area contributed by atoms with Gasteiger partial charge < -0.3 is 10.2 Å². The van der Waals surface area contributed by atoms with Crippen molar-refractivity contribution in [3.05, 3.63) is 71.8 Å². The van der Waals surface area contributed by atoms with Gasteiger partial charge >= 0.3 is 0 Å². The van der Waals surface area contributed by atoms with Crippen LogP contribution < -0.4 is 5.32 Å². The van der Waals surface area contributed by atoms with Gasteiger partial charge in [0.15, 0.2) is 0 Å². The number of carbonyl (C=O) groups excluding carboxylic acids is 2. The number of benzene rings is 3. The molecule has 0 aliphatic heterocycles. The van der Waals surface area contributed by atoms with Gasteiger partial charge in [0, 0.05) is 17.6 Å². The van der Waals surface area contributed by atoms with Crippen LogP contribution >= 0.6 is 11.8 Å². The lowest BCUT2D eigenvalue weighted by molar-refractivity contribution is -0.131. The summed E-state index contributed by atoms with van der Waals surface area (Å²) < 4.78 is 0. The van der Waals surface area contributed by atoms with E-state index < -0.39 is 0 Å². The predicted octanol–water partition coefficient (Wildman–Crippen LogP) is 4.65. The smallest absolute Gasteiger partial charge is 0.243 e. The minimum absolute atomic E-state index is 0.0322. The molecule has 28 heavy (non-hydrogen) atoms. The highest BCUT2D eigenvalue weighted by Gasteiger charge is 2.14. The zero-order chi connectivity index (χ0) is 20.1. The molecule has 0 saturated carbocycles. The number of anilines is 1. The Labute approximate surface area is 169 Å². The Kier molecular flexibility index (Phi) is 6.37. The molecule has 0 radical (unpaired) electrons. The van der Waals surface area contributed by atoms with E-state index in [1.54, 1.807) is 7.05 Å². The third-order valence-electron chi connectivity index (χ3n) is 4.77. The van der Waals surface area contributed by atoms with E-state index in [2.05, 4.69) is 29.6 Å². The summed E-state index contributed by atoms with van der Waals surface area (Å²) in [7, 11) is 1.66. The summed E-state index contributed by atoms with van der Waals surface area (Å²) in [6.45, 7) is 4.01. The molecule has 144 valence electrons. The Bertz CT molecular complexity index is 1020. The number of rotatable bonds is 6. The van der Waals surface area contributed by atoms with Gasteiger partial charge in [-0.3, -0.25) is 9.59 Å². The number of fused-ring (bicyclic) bond motifs is 1. The first kappa shape index (κ1) is 20.0. The summed E-state index contributed by atoms with van der Waals surface area (Å²) in [6, 6.07) is 20.1. The zero-order valence-corrected chi connectivity index (χ0v) is 17.2. The molecule has 0 unspecified atom stereocenters. The second-order valence-electron chi connectivity index (χ2n) is 6.84. The number of amides is 2. The van der Waals surface area contributed by atoms with Crippen molar-refractivity contribution in [1.29, 1.82) is 0 Å². The fourth-order valence-electron chi connectivity index (χ4n) is 2.89. The summed E-state index contributed by atoms with van der Waals surface area (Å²) >= 11 is 1.48. The van der Waals surface area contributed by atoms with Gasteiger partial charge in [-0.25, -0.2) is 0 Å². The molecule has 5 heteroatoms. The number of carbonyl (C=O) groups is 2. The molecule has 0 aromatic heterocycles. The maximum absolute atomic E-state index is 12.4. The van der Waals surface area contributed by atoms with Crippen LogP contribution in [0.5, 0.6) is 0 Å². The van der Waals surface area contributed by atoms with E-state index in [9.17, 15) is 9.59 Å². The van der Waals surface area contributed by atoms with Crippen LogP contribution in [-0.4, -0.2) is 36.1 Å². The molecule has 0 spiro atoms. The van der Waals surface area contributed by atoms with Crippen molar-refractivity contribution in [2.24, 2.45) is 0 Å². The van der Waals surface area contributed by atoms with Crippen LogP contribution in [0.2, 0.25) is 0 Å². The van der Waals surface area contributed by atoms with Gasteiger partial charge in [0.25, 0.3) is 0 Å². The molecule has 2 amide bonds. The lowest BCUT2D eigenvalue weighted by atomic mass is 10.1. The van der Waals surface area contributed by atoms with E-state index in [4.69, 9.17) is 0 Å². The van der Waals surface area contributed by atoms with Crippen molar-refractivity contribution in [2.45, 2.75) is 18.7 Å². The third kappa shape index (κ3) is 4.93. The first-order valence-corrected chi connectivity index (χ1v) is 10.1. The topological polar surface area (TPSA) is 49.4 Å². The van der Waals surface area contributed by atoms with Crippen LogP contribution in [0.1, 0.15) is 11.1 Å². The van der Waals surface area contributed by atoms with E-state index in [0.29, 0.717) is 5.75 Å². The van der Waals surface area contributed by atoms with Crippen molar-refractivity contribution < 1.29 is 9.59 Å². The average Bonchev–Trinajstić information content (AvgIpc) is 2.69. The van der Waals surface area contributed by atoms with Crippen LogP contribution in [0.4, 0.5) is 5.69 Å². The van der Waals surface area contributed by atoms with Gasteiger partial charge in [-0.1, -0.05) is 42.5 Å². The molecule has 0 heterocycles. The highest BCUT2D eigenvalue weighted by Crippen LogP contribution is 2.24. The quantitative estimate of drug-likeness (QED) is 0.622. The van der Waals surface area contributed by atoms with E-state index >= 15 is 0 Å². The summed E-state index contributed by atoms with van der Waals surface area (Å²) in [4.78, 5) is 27.2. The fourth-order valence-corrected chi connectivity index (χ4v) is 3.78. The van der Waals surface area contributed by atoms with Crippen LogP contribution in [0, 0.1) is 13.8 Å². The minimum atomic E-state index is -0.194. The molecule has 0 aliphatic rings. The summed E-state index contributed by atoms with van der Waals surface area (Å²) in [5, 5.41) is 5.22. The van der Waals surface area contributed by atoms with Gasteiger partial charge in [-0.2, -0.15) is 0 Å². The number of hydrogen-bond donors (Lipinski definition) is 1. The molecule has 0 aliphatic carbocycles. The molecule has 3 aromatic carbocycles. The van der Waals surface area contributed by atoms with Gasteiger partial charge in [0.1, 0.15) is 0 Å². The largest absolute Gasteiger partial charge is 0.336 e. The van der Waals surface area contributed by atoms with Gasteiger partial charge in [-0.15, -0.1) is 11.8 Å². The van der Waals surface area contributed by atoms with E-state index in [1.165, 1.54) is 22.0 Å². The van der Waals surface area contributed by atoms with E-state index in [1.807, 2.05) is 50.2 Å². The van der Waals surface area contributed by atoms with Crippen molar-refractivity contribution >= 4 is 40.0 Å². The Hall–Kier alpha value is -2.79. The molecule has 1 N–H and O–H groups in total. The summed E-state index contributed by atoms with van der Waals surface area (Å²) in [5.41, 5.74) is 2.95. The second-order valence-corrected chi connectivity index (χ2v) is 7.89. The van der Waals surface area contributed by atoms with Crippen molar-refractivity contribution in [3.63, 3.8) is 0 Å². The molecular formula is C23H24N2O2S. The summed E-state index contributed by atoms with van der Waals surface area (Å²) in [6.07, 6.45) is 0. The Morgan fingerprint density at radius 1 is 0.964 bits per heavy atom. The Morgan fingerprint density at radius 2 is 1.71 bits per heavy atom. The van der Waals surface area contributed by atoms with E-state index in [0.717, 1.165) is 27.1 Å². The number of nitrogens with zero attached hydrogens (tertiary/aromatic N) is 1. The fraction of sp³-hybridized carbons (Fsp3) is 0.217. The Morgan fingerprint density at radius 3 is 2.50 bits per heavy atom. The standard InChI is InChI=1S/C23H24N2O2S/c1-16-7-6-10-21(17(16)2)24-22(26)14-25(3)23(27)15-28-20-12-11-18-8-4-5-9-19(18)13-20/h4-13H,14-15H2,1-3H3,(H,24,26). The van der Waals surface area contributed by atoms with Crippen molar-refractivity contribution in [3.8, 4) is 0 Å². The molecule has 3 aromatic rings. The number of likely N-dealkylation sites (N-methyl/N-ethyl adjacent to an activating group) is 1. The molecule has 0 saturated heterocycles. The molecule has 0 fully saturated rings. The zero-order valence-electron chi connectivity index (χ0n) is 16.4. The normalized spacial score (nSPS) is 10.7. The van der Waals surface area contributed by atoms with Crippen LogP contribution in [0.15, 0.2) is 65.6 Å². The van der Waals surface area contributed by atoms with Gasteiger partial charge in [0.05, 0.1) is 12.3 Å². The van der Waals surface area contributed by atoms with Crippen LogP contribution in [0.3, 0.4) is 0 Å². The minimum Gasteiger partial charge on any atom is -0.336 e. The number of hydrogen-bond acceptors (Lipinski definition) is 3. The Balaban J connectivity index is 1.53. The molecule has 4 nitrogen and oxygen atoms in total. The van der Waals surface area contributed by atoms with Crippen molar-refractivity contribution in [1.82, 2.24) is 4.90 Å². The van der Waals surface area contributed by atoms with E-state index in [-0.39, 0.29) is 18.4 Å². The molecule has 0 atom stereocenters. The maximum atomic E-state index is 12.4. The lowest BCUT2D eigenvalue weighted by Gasteiger charge is -2.17. The number of thioether (sulfide) groups is 1. The highest BCUT2D eigenvalue weighted by atomic mass is 32.2. The maximum Gasteiger partial charge on any atom is 0.243 e. The number of aryl methyl sites for hydroxylation is 1. The molecule has 0 bridgehead atoms. The monoisotopic (exact) mass is 392 g/mol.